The van der Waals surface area contributed by atoms with Crippen LogP contribution in [0.2, 0.25) is 0 Å². The zero-order chi connectivity index (χ0) is 42.7. The highest BCUT2D eigenvalue weighted by Crippen LogP contribution is 2.59. The Bertz CT molecular complexity index is 4260. The number of thiophene rings is 1. The van der Waals surface area contributed by atoms with Crippen molar-refractivity contribution in [1.29, 1.82) is 0 Å². The first-order chi connectivity index (χ1) is 32.0. The Morgan fingerprint density at radius 2 is 0.969 bits per heavy atom. The minimum Gasteiger partial charge on any atom is -0.453 e. The molecule has 0 N–H and O–H groups in total. The third-order valence-corrected chi connectivity index (χ3v) is 15.8. The third kappa shape index (κ3) is 4.79. The van der Waals surface area contributed by atoms with Crippen LogP contribution in [0.1, 0.15) is 25.0 Å². The summed E-state index contributed by atoms with van der Waals surface area (Å²) in [6.07, 6.45) is 0. The fourth-order valence-corrected chi connectivity index (χ4v) is 12.7. The lowest BCUT2D eigenvalue weighted by molar-refractivity contribution is 0.477. The first-order valence-corrected chi connectivity index (χ1v) is 23.3. The van der Waals surface area contributed by atoms with E-state index in [0.717, 1.165) is 39.6 Å². The second-order valence-electron chi connectivity index (χ2n) is 18.5. The number of benzene rings is 11. The SMILES string of the molecule is CC1(C)c2cc3c(cc2-c2cc4c5ccccc5c5ccccc5c4cc21)Oc1cc2ccccc2cc1N3c1cccc(-n2c3ccccc3c3cc4c(cc32)sc2ccccc24)c1. The van der Waals surface area contributed by atoms with Gasteiger partial charge in [-0.05, 0) is 144 Å². The molecule has 1 aliphatic carbocycles. The van der Waals surface area contributed by atoms with Gasteiger partial charge in [-0.25, -0.2) is 0 Å². The number of rotatable bonds is 2. The molecular formula is C61H38N2OS. The van der Waals surface area contributed by atoms with E-state index in [1.807, 2.05) is 11.3 Å². The van der Waals surface area contributed by atoms with Gasteiger partial charge >= 0.3 is 0 Å². The summed E-state index contributed by atoms with van der Waals surface area (Å²) in [5.41, 5.74) is 11.6. The molecule has 1 aliphatic heterocycles. The van der Waals surface area contributed by atoms with Crippen LogP contribution in [0, 0.1) is 0 Å². The molecule has 65 heavy (non-hydrogen) atoms. The predicted molar refractivity (Wildman–Crippen MR) is 276 cm³/mol. The number of anilines is 3. The number of hydrogen-bond acceptors (Lipinski definition) is 3. The van der Waals surface area contributed by atoms with Gasteiger partial charge in [0.1, 0.15) is 0 Å². The fraction of sp³-hybridized carbons (Fsp3) is 0.0492. The molecule has 0 unspecified atom stereocenters. The first kappa shape index (κ1) is 35.5. The summed E-state index contributed by atoms with van der Waals surface area (Å²) in [4.78, 5) is 2.44. The van der Waals surface area contributed by atoms with Gasteiger partial charge in [-0.2, -0.15) is 0 Å². The molecule has 0 bridgehead atoms. The van der Waals surface area contributed by atoms with Crippen molar-refractivity contribution in [1.82, 2.24) is 4.57 Å². The molecule has 4 heteroatoms. The minimum absolute atomic E-state index is 0.265. The Balaban J connectivity index is 0.963. The lowest BCUT2D eigenvalue weighted by atomic mass is 9.81. The number of hydrogen-bond donors (Lipinski definition) is 0. The van der Waals surface area contributed by atoms with Gasteiger partial charge in [0.05, 0.1) is 22.4 Å². The van der Waals surface area contributed by atoms with Crippen LogP contribution in [0.15, 0.2) is 194 Å². The quantitative estimate of drug-likeness (QED) is 0.161. The predicted octanol–water partition coefficient (Wildman–Crippen LogP) is 17.6. The van der Waals surface area contributed by atoms with E-state index >= 15 is 0 Å². The van der Waals surface area contributed by atoms with Crippen molar-refractivity contribution < 1.29 is 4.74 Å². The summed E-state index contributed by atoms with van der Waals surface area (Å²) in [6.45, 7) is 4.79. The number of fused-ring (bicyclic) bond motifs is 18. The highest BCUT2D eigenvalue weighted by atomic mass is 32.1. The van der Waals surface area contributed by atoms with E-state index in [-0.39, 0.29) is 5.41 Å². The Kier molecular flexibility index (Phi) is 6.90. The van der Waals surface area contributed by atoms with Crippen LogP contribution in [-0.2, 0) is 5.41 Å². The molecule has 0 spiro atoms. The Morgan fingerprint density at radius 1 is 0.385 bits per heavy atom. The van der Waals surface area contributed by atoms with Gasteiger partial charge in [0.2, 0.25) is 0 Å². The van der Waals surface area contributed by atoms with Gasteiger partial charge in [0.15, 0.2) is 11.5 Å². The molecule has 13 aromatic rings. The van der Waals surface area contributed by atoms with Gasteiger partial charge in [0, 0.05) is 47.7 Å². The molecule has 0 amide bonds. The van der Waals surface area contributed by atoms with Gasteiger partial charge in [-0.3, -0.25) is 0 Å². The topological polar surface area (TPSA) is 17.4 Å². The van der Waals surface area contributed by atoms with Crippen molar-refractivity contribution in [2.24, 2.45) is 0 Å². The molecule has 2 aromatic heterocycles. The standard InChI is InChI=1S/C61H38N2OS/c1-61(2)51-31-46-42-21-8-6-19-40(42)39-18-5-7-20-41(39)45(46)29-47(51)48-32-58-56(33-52(48)61)63(55-26-35-14-3-4-15-36(35)27-57(55)64-58)38-17-13-16-37(28-38)62-53-24-11-9-22-43(53)49-30-50-44-23-10-12-25-59(44)65-60(50)34-54(49)62/h3-34H,1-2H3. The molecule has 0 radical (unpaired) electrons. The number of ether oxygens (including phenoxy) is 1. The average Bonchev–Trinajstić information content (AvgIpc) is 3.95. The second-order valence-corrected chi connectivity index (χ2v) is 19.5. The maximum absolute atomic E-state index is 7.10. The van der Waals surface area contributed by atoms with E-state index in [2.05, 4.69) is 217 Å². The molecule has 0 atom stereocenters. The normalized spacial score (nSPS) is 13.9. The number of para-hydroxylation sites is 1. The maximum Gasteiger partial charge on any atom is 0.152 e. The largest absolute Gasteiger partial charge is 0.453 e. The van der Waals surface area contributed by atoms with E-state index in [0.29, 0.717) is 0 Å². The Morgan fingerprint density at radius 3 is 1.75 bits per heavy atom. The molecule has 15 rings (SSSR count). The minimum atomic E-state index is -0.265. The first-order valence-electron chi connectivity index (χ1n) is 22.5. The zero-order valence-electron chi connectivity index (χ0n) is 35.7. The van der Waals surface area contributed by atoms with Crippen LogP contribution < -0.4 is 9.64 Å². The van der Waals surface area contributed by atoms with Crippen LogP contribution in [0.4, 0.5) is 17.1 Å². The van der Waals surface area contributed by atoms with Gasteiger partial charge in [0.25, 0.3) is 0 Å². The van der Waals surface area contributed by atoms with E-state index in [9.17, 15) is 0 Å². The molecule has 0 fully saturated rings. The monoisotopic (exact) mass is 846 g/mol. The van der Waals surface area contributed by atoms with Crippen LogP contribution in [0.3, 0.4) is 0 Å². The smallest absolute Gasteiger partial charge is 0.152 e. The van der Waals surface area contributed by atoms with Gasteiger partial charge in [-0.1, -0.05) is 129 Å². The van der Waals surface area contributed by atoms with Crippen molar-refractivity contribution in [2.45, 2.75) is 19.3 Å². The van der Waals surface area contributed by atoms with Crippen molar-refractivity contribution in [3.05, 3.63) is 205 Å². The molecule has 3 heterocycles. The summed E-state index contributed by atoms with van der Waals surface area (Å²) in [6, 6.07) is 72.1. The second kappa shape index (κ2) is 12.6. The van der Waals surface area contributed by atoms with E-state index in [1.165, 1.54) is 102 Å². The van der Waals surface area contributed by atoms with Crippen LogP contribution in [-0.4, -0.2) is 4.57 Å². The summed E-state index contributed by atoms with van der Waals surface area (Å²) >= 11 is 1.87. The molecule has 3 nitrogen and oxygen atoms in total. The van der Waals surface area contributed by atoms with Crippen molar-refractivity contribution in [3.8, 4) is 28.3 Å². The summed E-state index contributed by atoms with van der Waals surface area (Å²) in [7, 11) is 0. The van der Waals surface area contributed by atoms with Crippen LogP contribution in [0.25, 0.3) is 102 Å². The molecule has 0 saturated carbocycles. The molecule has 304 valence electrons. The number of aromatic nitrogens is 1. The summed E-state index contributed by atoms with van der Waals surface area (Å²) in [5.74, 6) is 1.70. The molecule has 2 aliphatic rings. The highest BCUT2D eigenvalue weighted by molar-refractivity contribution is 7.25. The van der Waals surface area contributed by atoms with Crippen molar-refractivity contribution in [2.75, 3.05) is 4.90 Å². The molecule has 0 saturated heterocycles. The fourth-order valence-electron chi connectivity index (χ4n) is 11.6. The van der Waals surface area contributed by atoms with E-state index in [4.69, 9.17) is 4.74 Å². The van der Waals surface area contributed by atoms with Gasteiger partial charge in [-0.15, -0.1) is 11.3 Å². The maximum atomic E-state index is 7.10. The van der Waals surface area contributed by atoms with Crippen LogP contribution in [0.5, 0.6) is 11.5 Å². The van der Waals surface area contributed by atoms with E-state index in [1.54, 1.807) is 0 Å². The molecular weight excluding hydrogens is 809 g/mol. The van der Waals surface area contributed by atoms with Crippen molar-refractivity contribution in [3.63, 3.8) is 0 Å². The summed E-state index contributed by atoms with van der Waals surface area (Å²) in [5, 5.41) is 15.2. The van der Waals surface area contributed by atoms with Crippen molar-refractivity contribution >= 4 is 113 Å². The summed E-state index contributed by atoms with van der Waals surface area (Å²) < 4.78 is 12.2. The molecule has 11 aromatic carbocycles. The Labute approximate surface area is 378 Å². The van der Waals surface area contributed by atoms with E-state index < -0.39 is 0 Å². The zero-order valence-corrected chi connectivity index (χ0v) is 36.5. The highest BCUT2D eigenvalue weighted by Gasteiger charge is 2.39. The number of nitrogens with zero attached hydrogens (tertiary/aromatic N) is 2. The third-order valence-electron chi connectivity index (χ3n) is 14.7. The lowest BCUT2D eigenvalue weighted by Crippen LogP contribution is -2.19. The van der Waals surface area contributed by atoms with Gasteiger partial charge < -0.3 is 14.2 Å². The Hall–Kier alpha value is -7.92. The average molecular weight is 847 g/mol. The van der Waals surface area contributed by atoms with Crippen LogP contribution >= 0.6 is 11.3 Å². The lowest BCUT2D eigenvalue weighted by Gasteiger charge is -2.35.